The highest BCUT2D eigenvalue weighted by Crippen LogP contribution is 2.34. The molecule has 95 valence electrons. The van der Waals surface area contributed by atoms with Crippen molar-refractivity contribution in [2.45, 2.75) is 0 Å². The van der Waals surface area contributed by atoms with Crippen molar-refractivity contribution in [3.05, 3.63) is 46.7 Å². The molecule has 0 saturated carbocycles. The summed E-state index contributed by atoms with van der Waals surface area (Å²) in [7, 11) is 1.62. The van der Waals surface area contributed by atoms with Crippen molar-refractivity contribution >= 4 is 38.3 Å². The van der Waals surface area contributed by atoms with Gasteiger partial charge in [0.05, 0.1) is 39.4 Å². The topological polar surface area (TPSA) is 35.0 Å². The van der Waals surface area contributed by atoms with Gasteiger partial charge in [0.25, 0.3) is 0 Å². The standard InChI is InChI=1S/C14H10BrN2OS/c1-8-13-10(6-9(15)14(8)18-2)17-11(7-16-13)12-4-3-5-19-12/h3-7H,1H2,2H3. The molecule has 0 bridgehead atoms. The summed E-state index contributed by atoms with van der Waals surface area (Å²) in [6, 6.07) is 5.94. The van der Waals surface area contributed by atoms with Crippen molar-refractivity contribution in [1.82, 2.24) is 9.97 Å². The first-order valence-corrected chi connectivity index (χ1v) is 7.27. The summed E-state index contributed by atoms with van der Waals surface area (Å²) in [6.45, 7) is 4.02. The van der Waals surface area contributed by atoms with Gasteiger partial charge in [-0.25, -0.2) is 4.98 Å². The molecule has 0 N–H and O–H groups in total. The fourth-order valence-electron chi connectivity index (χ4n) is 1.94. The maximum absolute atomic E-state index is 5.31. The van der Waals surface area contributed by atoms with E-state index in [1.807, 2.05) is 23.6 Å². The molecule has 1 aromatic carbocycles. The summed E-state index contributed by atoms with van der Waals surface area (Å²) >= 11 is 5.12. The Kier molecular flexibility index (Phi) is 3.24. The van der Waals surface area contributed by atoms with Crippen molar-refractivity contribution in [3.63, 3.8) is 0 Å². The normalized spacial score (nSPS) is 10.9. The largest absolute Gasteiger partial charge is 0.495 e. The van der Waals surface area contributed by atoms with Gasteiger partial charge in [-0.15, -0.1) is 11.3 Å². The molecule has 0 saturated heterocycles. The third-order valence-electron chi connectivity index (χ3n) is 2.82. The summed E-state index contributed by atoms with van der Waals surface area (Å²) in [5, 5.41) is 2.03. The molecule has 0 aliphatic heterocycles. The van der Waals surface area contributed by atoms with Gasteiger partial charge in [0.2, 0.25) is 0 Å². The Labute approximate surface area is 123 Å². The van der Waals surface area contributed by atoms with Crippen LogP contribution < -0.4 is 4.74 Å². The Morgan fingerprint density at radius 3 is 2.95 bits per heavy atom. The number of hydrogen-bond donors (Lipinski definition) is 0. The molecule has 0 aliphatic carbocycles. The van der Waals surface area contributed by atoms with Gasteiger partial charge in [-0.3, -0.25) is 4.98 Å². The van der Waals surface area contributed by atoms with E-state index in [-0.39, 0.29) is 0 Å². The summed E-state index contributed by atoms with van der Waals surface area (Å²) in [5.41, 5.74) is 3.19. The zero-order chi connectivity index (χ0) is 13.4. The third kappa shape index (κ3) is 2.13. The van der Waals surface area contributed by atoms with E-state index in [2.05, 4.69) is 32.8 Å². The molecule has 0 unspecified atom stereocenters. The van der Waals surface area contributed by atoms with E-state index in [0.29, 0.717) is 5.75 Å². The Hall–Kier alpha value is -1.46. The van der Waals surface area contributed by atoms with Crippen LogP contribution in [0.25, 0.3) is 21.6 Å². The van der Waals surface area contributed by atoms with Crippen LogP contribution >= 0.6 is 27.3 Å². The fourth-order valence-corrected chi connectivity index (χ4v) is 3.24. The third-order valence-corrected chi connectivity index (χ3v) is 4.30. The lowest BCUT2D eigenvalue weighted by Crippen LogP contribution is -1.94. The number of thiophene rings is 1. The Morgan fingerprint density at radius 2 is 2.26 bits per heavy atom. The number of hydrogen-bond acceptors (Lipinski definition) is 4. The predicted molar refractivity (Wildman–Crippen MR) is 81.6 cm³/mol. The molecule has 2 heterocycles. The zero-order valence-electron chi connectivity index (χ0n) is 10.2. The number of fused-ring (bicyclic) bond motifs is 1. The molecule has 0 fully saturated rings. The van der Waals surface area contributed by atoms with E-state index in [0.717, 1.165) is 31.6 Å². The molecule has 19 heavy (non-hydrogen) atoms. The average molecular weight is 334 g/mol. The van der Waals surface area contributed by atoms with E-state index in [9.17, 15) is 0 Å². The van der Waals surface area contributed by atoms with Gasteiger partial charge in [0.15, 0.2) is 0 Å². The van der Waals surface area contributed by atoms with Gasteiger partial charge in [-0.2, -0.15) is 0 Å². The minimum Gasteiger partial charge on any atom is -0.495 e. The zero-order valence-corrected chi connectivity index (χ0v) is 12.6. The number of nitrogens with zero attached hydrogens (tertiary/aromatic N) is 2. The van der Waals surface area contributed by atoms with E-state index < -0.39 is 0 Å². The highest BCUT2D eigenvalue weighted by atomic mass is 79.9. The van der Waals surface area contributed by atoms with Gasteiger partial charge < -0.3 is 4.74 Å². The van der Waals surface area contributed by atoms with E-state index in [4.69, 9.17) is 4.74 Å². The van der Waals surface area contributed by atoms with Crippen LogP contribution in [0.2, 0.25) is 0 Å². The number of methoxy groups -OCH3 is 1. The van der Waals surface area contributed by atoms with Crippen LogP contribution in [0.5, 0.6) is 5.75 Å². The molecular weight excluding hydrogens is 324 g/mol. The van der Waals surface area contributed by atoms with E-state index >= 15 is 0 Å². The van der Waals surface area contributed by atoms with Crippen LogP contribution in [-0.4, -0.2) is 17.1 Å². The SMILES string of the molecule is [CH2]c1c(OC)c(Br)cc2nc(-c3cccs3)cnc12. The molecule has 5 heteroatoms. The lowest BCUT2D eigenvalue weighted by molar-refractivity contribution is 0.411. The maximum Gasteiger partial charge on any atom is 0.138 e. The Morgan fingerprint density at radius 1 is 1.42 bits per heavy atom. The van der Waals surface area contributed by atoms with Gasteiger partial charge in [-0.05, 0) is 40.4 Å². The van der Waals surface area contributed by atoms with Gasteiger partial charge in [-0.1, -0.05) is 6.07 Å². The average Bonchev–Trinajstić information content (AvgIpc) is 2.92. The summed E-state index contributed by atoms with van der Waals surface area (Å²) in [6.07, 6.45) is 1.77. The van der Waals surface area contributed by atoms with Gasteiger partial charge in [0.1, 0.15) is 5.75 Å². The lowest BCUT2D eigenvalue weighted by atomic mass is 10.1. The van der Waals surface area contributed by atoms with Crippen molar-refractivity contribution in [3.8, 4) is 16.3 Å². The Bertz CT molecular complexity index is 741. The monoisotopic (exact) mass is 333 g/mol. The minimum absolute atomic E-state index is 0.700. The molecule has 3 aromatic rings. The highest BCUT2D eigenvalue weighted by Gasteiger charge is 2.12. The summed E-state index contributed by atoms with van der Waals surface area (Å²) in [5.74, 6) is 0.700. The molecule has 3 rings (SSSR count). The number of rotatable bonds is 2. The Balaban J connectivity index is 2.25. The van der Waals surface area contributed by atoms with Crippen LogP contribution in [0.1, 0.15) is 5.56 Å². The van der Waals surface area contributed by atoms with Crippen molar-refractivity contribution in [2.24, 2.45) is 0 Å². The summed E-state index contributed by atoms with van der Waals surface area (Å²) < 4.78 is 6.15. The van der Waals surface area contributed by atoms with E-state index in [1.54, 1.807) is 24.6 Å². The minimum atomic E-state index is 0.700. The van der Waals surface area contributed by atoms with Crippen molar-refractivity contribution in [1.29, 1.82) is 0 Å². The van der Waals surface area contributed by atoms with Crippen LogP contribution in [0, 0.1) is 6.92 Å². The molecule has 3 nitrogen and oxygen atoms in total. The predicted octanol–water partition coefficient (Wildman–Crippen LogP) is 4.31. The van der Waals surface area contributed by atoms with E-state index in [1.165, 1.54) is 0 Å². The molecule has 2 aromatic heterocycles. The number of aromatic nitrogens is 2. The van der Waals surface area contributed by atoms with Crippen molar-refractivity contribution < 1.29 is 4.74 Å². The number of benzene rings is 1. The smallest absolute Gasteiger partial charge is 0.138 e. The van der Waals surface area contributed by atoms with Gasteiger partial charge in [0, 0.05) is 5.56 Å². The highest BCUT2D eigenvalue weighted by molar-refractivity contribution is 9.10. The van der Waals surface area contributed by atoms with Crippen LogP contribution in [0.4, 0.5) is 0 Å². The lowest BCUT2D eigenvalue weighted by Gasteiger charge is -2.10. The molecule has 0 atom stereocenters. The fraction of sp³-hybridized carbons (Fsp3) is 0.0714. The molecule has 0 spiro atoms. The van der Waals surface area contributed by atoms with Crippen LogP contribution in [-0.2, 0) is 0 Å². The molecule has 1 radical (unpaired) electrons. The molecule has 0 aliphatic rings. The van der Waals surface area contributed by atoms with Gasteiger partial charge >= 0.3 is 0 Å². The second-order valence-electron chi connectivity index (χ2n) is 3.97. The maximum atomic E-state index is 5.31. The first kappa shape index (κ1) is 12.6. The van der Waals surface area contributed by atoms with Crippen LogP contribution in [0.3, 0.4) is 0 Å². The second-order valence-corrected chi connectivity index (χ2v) is 5.77. The van der Waals surface area contributed by atoms with Crippen molar-refractivity contribution in [2.75, 3.05) is 7.11 Å². The quantitative estimate of drug-likeness (QED) is 0.700. The number of ether oxygens (including phenoxy) is 1. The first-order valence-electron chi connectivity index (χ1n) is 5.60. The number of halogens is 1. The molecular formula is C14H10BrN2OS. The first-order chi connectivity index (χ1) is 9.20. The second kappa shape index (κ2) is 4.90. The molecule has 0 amide bonds. The summed E-state index contributed by atoms with van der Waals surface area (Å²) in [4.78, 5) is 10.2. The van der Waals surface area contributed by atoms with Crippen LogP contribution in [0.15, 0.2) is 34.2 Å².